The van der Waals surface area contributed by atoms with Gasteiger partial charge in [0.15, 0.2) is 0 Å². The summed E-state index contributed by atoms with van der Waals surface area (Å²) >= 11 is 0. The fraction of sp³-hybridized carbons (Fsp3) is 0.773. The highest BCUT2D eigenvalue weighted by molar-refractivity contribution is 5.75. The highest BCUT2D eigenvalue weighted by atomic mass is 16.5. The van der Waals surface area contributed by atoms with E-state index in [1.54, 1.807) is 0 Å². The van der Waals surface area contributed by atoms with Crippen LogP contribution in [0.5, 0.6) is 5.88 Å². The molecule has 2 rings (SSSR count). The molecule has 1 fully saturated rings. The lowest BCUT2D eigenvalue weighted by molar-refractivity contribution is -0.122. The Balaban J connectivity index is 2.27. The number of ether oxygens (including phenoxy) is 1. The van der Waals surface area contributed by atoms with E-state index in [0.717, 1.165) is 11.1 Å². The summed E-state index contributed by atoms with van der Waals surface area (Å²) in [4.78, 5) is 24.7. The average molecular weight is 407 g/mol. The number of aromatic nitrogens is 2. The molecule has 0 spiro atoms. The minimum atomic E-state index is -0.320. The van der Waals surface area contributed by atoms with Gasteiger partial charge >= 0.3 is 0 Å². The molecule has 0 unspecified atom stereocenters. The Labute approximate surface area is 174 Å². The van der Waals surface area contributed by atoms with Crippen LogP contribution in [-0.2, 0) is 11.3 Å². The molecule has 0 aliphatic heterocycles. The molecular weight excluding hydrogens is 368 g/mol. The van der Waals surface area contributed by atoms with E-state index in [-0.39, 0.29) is 35.5 Å². The van der Waals surface area contributed by atoms with Gasteiger partial charge in [-0.05, 0) is 50.4 Å². The third-order valence-corrected chi connectivity index (χ3v) is 6.80. The van der Waals surface area contributed by atoms with Crippen molar-refractivity contribution in [3.05, 3.63) is 16.4 Å². The number of carbonyl (C=O) groups excluding carboxylic acids is 1. The van der Waals surface area contributed by atoms with Crippen LogP contribution in [0, 0.1) is 23.2 Å². The van der Waals surface area contributed by atoms with Gasteiger partial charge in [0.1, 0.15) is 12.2 Å². The number of anilines is 1. The van der Waals surface area contributed by atoms with Gasteiger partial charge < -0.3 is 15.4 Å². The van der Waals surface area contributed by atoms with Crippen LogP contribution in [0.3, 0.4) is 0 Å². The smallest absolute Gasteiger partial charge is 0.269 e. The summed E-state index contributed by atoms with van der Waals surface area (Å²) in [7, 11) is 0. The second-order valence-corrected chi connectivity index (χ2v) is 9.37. The van der Waals surface area contributed by atoms with Crippen molar-refractivity contribution in [1.82, 2.24) is 15.1 Å². The third-order valence-electron chi connectivity index (χ3n) is 6.80. The van der Waals surface area contributed by atoms with Crippen LogP contribution in [0.25, 0.3) is 0 Å². The molecule has 4 atom stereocenters. The van der Waals surface area contributed by atoms with E-state index in [4.69, 9.17) is 4.74 Å². The van der Waals surface area contributed by atoms with E-state index in [1.807, 2.05) is 20.8 Å². The maximum Gasteiger partial charge on any atom is 0.269 e. The van der Waals surface area contributed by atoms with E-state index in [2.05, 4.69) is 50.4 Å². The van der Waals surface area contributed by atoms with Crippen LogP contribution in [0.4, 0.5) is 5.69 Å². The molecule has 0 bridgehead atoms. The predicted octanol–water partition coefficient (Wildman–Crippen LogP) is 3.29. The summed E-state index contributed by atoms with van der Waals surface area (Å²) in [6, 6.07) is 1.74. The molecule has 1 aliphatic rings. The van der Waals surface area contributed by atoms with E-state index in [0.29, 0.717) is 35.9 Å². The molecule has 0 radical (unpaired) electrons. The Morgan fingerprint density at radius 2 is 2.00 bits per heavy atom. The van der Waals surface area contributed by atoms with Crippen LogP contribution in [-0.4, -0.2) is 34.4 Å². The Morgan fingerprint density at radius 3 is 2.59 bits per heavy atom. The summed E-state index contributed by atoms with van der Waals surface area (Å²) in [6.07, 6.45) is 1.02. The summed E-state index contributed by atoms with van der Waals surface area (Å²) in [5.41, 5.74) is 0.555. The Kier molecular flexibility index (Phi) is 7.35. The first-order valence-corrected chi connectivity index (χ1v) is 10.8. The van der Waals surface area contributed by atoms with Crippen molar-refractivity contribution in [2.45, 2.75) is 80.4 Å². The van der Waals surface area contributed by atoms with Crippen LogP contribution >= 0.6 is 0 Å². The summed E-state index contributed by atoms with van der Waals surface area (Å²) in [5.74, 6) is 1.64. The molecule has 1 aliphatic carbocycles. The largest absolute Gasteiger partial charge is 0.475 e. The number of nitrogens with one attached hydrogen (secondary N) is 2. The molecular formula is C22H38N4O3. The van der Waals surface area contributed by atoms with E-state index in [1.165, 1.54) is 6.07 Å². The van der Waals surface area contributed by atoms with E-state index >= 15 is 0 Å². The average Bonchev–Trinajstić information content (AvgIpc) is 2.61. The lowest BCUT2D eigenvalue weighted by atomic mass is 9.58. The van der Waals surface area contributed by atoms with Crippen molar-refractivity contribution in [1.29, 1.82) is 0 Å². The standard InChI is InChI=1S/C22H38N4O3/c1-9-29-21-18(11-20(28)26(25-21)12-19(27)23-13(2)3)24-17-10-14(4)22(7,8)16(6)15(17)5/h11,13-17,24H,9-10,12H2,1-8H3,(H,23,27)/t14-,15+,16+,17+/m0/s1. The fourth-order valence-corrected chi connectivity index (χ4v) is 4.20. The van der Waals surface area contributed by atoms with E-state index in [9.17, 15) is 9.59 Å². The second-order valence-electron chi connectivity index (χ2n) is 9.37. The number of carbonyl (C=O) groups is 1. The van der Waals surface area contributed by atoms with Crippen LogP contribution < -0.4 is 20.9 Å². The molecule has 0 aromatic carbocycles. The first-order chi connectivity index (χ1) is 13.5. The molecule has 1 saturated carbocycles. The normalized spacial score (nSPS) is 26.2. The lowest BCUT2D eigenvalue weighted by Gasteiger charge is -2.50. The molecule has 164 valence electrons. The molecule has 7 nitrogen and oxygen atoms in total. The predicted molar refractivity (Wildman–Crippen MR) is 116 cm³/mol. The van der Waals surface area contributed by atoms with Crippen molar-refractivity contribution in [3.63, 3.8) is 0 Å². The minimum Gasteiger partial charge on any atom is -0.475 e. The fourth-order valence-electron chi connectivity index (χ4n) is 4.20. The third kappa shape index (κ3) is 5.31. The van der Waals surface area contributed by atoms with Gasteiger partial charge in [-0.15, -0.1) is 5.10 Å². The first kappa shape index (κ1) is 23.2. The Bertz CT molecular complexity index is 772. The van der Waals surface area contributed by atoms with Gasteiger partial charge in [-0.3, -0.25) is 9.59 Å². The van der Waals surface area contributed by atoms with Gasteiger partial charge in [-0.2, -0.15) is 0 Å². The zero-order chi connectivity index (χ0) is 21.9. The van der Waals surface area contributed by atoms with Crippen molar-refractivity contribution in [2.24, 2.45) is 23.2 Å². The van der Waals surface area contributed by atoms with Crippen molar-refractivity contribution >= 4 is 11.6 Å². The summed E-state index contributed by atoms with van der Waals surface area (Å²) in [5, 5.41) is 10.6. The second kappa shape index (κ2) is 9.18. The SMILES string of the molecule is CCOc1nn(CC(=O)NC(C)C)c(=O)cc1N[C@@H]1C[C@H](C)C(C)(C)[C@H](C)[C@H]1C. The molecule has 7 heteroatoms. The zero-order valence-electron chi connectivity index (χ0n) is 19.2. The van der Waals surface area contributed by atoms with Crippen molar-refractivity contribution in [2.75, 3.05) is 11.9 Å². The monoisotopic (exact) mass is 406 g/mol. The maximum absolute atomic E-state index is 12.6. The van der Waals surface area contributed by atoms with Gasteiger partial charge in [0, 0.05) is 18.2 Å². The maximum atomic E-state index is 12.6. The highest BCUT2D eigenvalue weighted by Gasteiger charge is 2.43. The van der Waals surface area contributed by atoms with Gasteiger partial charge in [0.2, 0.25) is 5.91 Å². The van der Waals surface area contributed by atoms with Crippen molar-refractivity contribution in [3.8, 4) is 5.88 Å². The lowest BCUT2D eigenvalue weighted by Crippen LogP contribution is -2.48. The number of rotatable bonds is 7. The Morgan fingerprint density at radius 1 is 1.34 bits per heavy atom. The van der Waals surface area contributed by atoms with E-state index < -0.39 is 0 Å². The quantitative estimate of drug-likeness (QED) is 0.726. The first-order valence-electron chi connectivity index (χ1n) is 10.8. The topological polar surface area (TPSA) is 85.2 Å². The summed E-state index contributed by atoms with van der Waals surface area (Å²) in [6.45, 7) is 17.5. The molecule has 1 aromatic heterocycles. The van der Waals surface area contributed by atoms with Gasteiger partial charge in [0.05, 0.1) is 6.61 Å². The minimum absolute atomic E-state index is 0.00604. The van der Waals surface area contributed by atoms with Gasteiger partial charge in [0.25, 0.3) is 11.4 Å². The zero-order valence-corrected chi connectivity index (χ0v) is 19.2. The highest BCUT2D eigenvalue weighted by Crippen LogP contribution is 2.48. The van der Waals surface area contributed by atoms with Crippen LogP contribution in [0.2, 0.25) is 0 Å². The van der Waals surface area contributed by atoms with Gasteiger partial charge in [-0.1, -0.05) is 34.6 Å². The molecule has 29 heavy (non-hydrogen) atoms. The van der Waals surface area contributed by atoms with Gasteiger partial charge in [-0.25, -0.2) is 4.68 Å². The number of nitrogens with zero attached hydrogens (tertiary/aromatic N) is 2. The molecule has 1 amide bonds. The molecule has 0 saturated heterocycles. The number of hydrogen-bond acceptors (Lipinski definition) is 5. The van der Waals surface area contributed by atoms with Crippen molar-refractivity contribution < 1.29 is 9.53 Å². The van der Waals surface area contributed by atoms with Crippen LogP contribution in [0.15, 0.2) is 10.9 Å². The number of hydrogen-bond donors (Lipinski definition) is 2. The molecule has 2 N–H and O–H groups in total. The molecule has 1 heterocycles. The van der Waals surface area contributed by atoms with Crippen LogP contribution in [0.1, 0.15) is 61.8 Å². The molecule has 1 aromatic rings. The Hall–Kier alpha value is -2.05. The summed E-state index contributed by atoms with van der Waals surface area (Å²) < 4.78 is 6.86. The number of amides is 1.